The number of nitrogens with one attached hydrogen (secondary N) is 1. The number of amides is 1. The quantitative estimate of drug-likeness (QED) is 0.865. The average molecular weight is 355 g/mol. The monoisotopic (exact) mass is 355 g/mol. The number of carbonyl (C=O) groups excluding carboxylic acids is 1. The number of likely N-dealkylation sites (N-methyl/N-ethyl adjacent to an activating group) is 1. The number of carbonyl (C=O) groups is 1. The van der Waals surface area contributed by atoms with E-state index in [2.05, 4.69) is 46.4 Å². The first-order valence-corrected chi connectivity index (χ1v) is 9.14. The zero-order valence-electron chi connectivity index (χ0n) is 15.2. The molecule has 2 aromatic rings. The Labute approximate surface area is 154 Å². The summed E-state index contributed by atoms with van der Waals surface area (Å²) in [6.07, 6.45) is 1.08. The molecule has 0 unspecified atom stereocenters. The van der Waals surface area contributed by atoms with Gasteiger partial charge >= 0.3 is 0 Å². The number of anilines is 1. The van der Waals surface area contributed by atoms with Crippen LogP contribution in [0, 0.1) is 5.82 Å². The summed E-state index contributed by atoms with van der Waals surface area (Å²) in [6.45, 7) is 4.93. The van der Waals surface area contributed by atoms with Crippen LogP contribution in [0.2, 0.25) is 0 Å². The molecule has 1 N–H and O–H groups in total. The molecule has 5 heteroatoms. The molecule has 4 nitrogen and oxygen atoms in total. The van der Waals surface area contributed by atoms with E-state index in [0.717, 1.165) is 38.2 Å². The third kappa shape index (κ3) is 5.30. The van der Waals surface area contributed by atoms with Crippen molar-refractivity contribution in [2.45, 2.75) is 12.8 Å². The first-order valence-electron chi connectivity index (χ1n) is 9.14. The van der Waals surface area contributed by atoms with Gasteiger partial charge in [-0.15, -0.1) is 0 Å². The number of nitrogens with zero attached hydrogens (tertiary/aromatic N) is 2. The molecular weight excluding hydrogens is 329 g/mol. The predicted octanol–water partition coefficient (Wildman–Crippen LogP) is 2.48. The molecule has 0 bridgehead atoms. The molecule has 0 aromatic heterocycles. The van der Waals surface area contributed by atoms with Gasteiger partial charge in [-0.1, -0.05) is 24.3 Å². The molecule has 0 saturated carbocycles. The first kappa shape index (κ1) is 18.4. The van der Waals surface area contributed by atoms with Crippen molar-refractivity contribution in [1.29, 1.82) is 0 Å². The standard InChI is InChI=1S/C21H26FN3O/c1-24-12-14-25(15-13-24)20-8-4-17(5-9-20)10-11-23-21(26)16-18-2-6-19(22)7-3-18/h2-9H,10-16H2,1H3,(H,23,26). The zero-order valence-corrected chi connectivity index (χ0v) is 15.2. The summed E-state index contributed by atoms with van der Waals surface area (Å²) in [5.41, 5.74) is 3.30. The number of hydrogen-bond donors (Lipinski definition) is 1. The van der Waals surface area contributed by atoms with E-state index in [1.165, 1.54) is 23.4 Å². The number of rotatable bonds is 6. The van der Waals surface area contributed by atoms with E-state index in [1.54, 1.807) is 12.1 Å². The molecule has 0 atom stereocenters. The molecule has 1 saturated heterocycles. The number of benzene rings is 2. The van der Waals surface area contributed by atoms with Gasteiger partial charge in [0.05, 0.1) is 6.42 Å². The van der Waals surface area contributed by atoms with Crippen molar-refractivity contribution in [3.05, 3.63) is 65.5 Å². The minimum atomic E-state index is -0.283. The molecule has 3 rings (SSSR count). The minimum Gasteiger partial charge on any atom is -0.369 e. The van der Waals surface area contributed by atoms with Crippen molar-refractivity contribution in [3.8, 4) is 0 Å². The Bertz CT molecular complexity index is 707. The molecule has 0 aliphatic carbocycles. The van der Waals surface area contributed by atoms with Gasteiger partial charge in [0.25, 0.3) is 0 Å². The SMILES string of the molecule is CN1CCN(c2ccc(CCNC(=O)Cc3ccc(F)cc3)cc2)CC1. The van der Waals surface area contributed by atoms with Crippen molar-refractivity contribution in [1.82, 2.24) is 10.2 Å². The van der Waals surface area contributed by atoms with Crippen molar-refractivity contribution in [2.75, 3.05) is 44.7 Å². The predicted molar refractivity (Wildman–Crippen MR) is 103 cm³/mol. The Hall–Kier alpha value is -2.40. The number of hydrogen-bond acceptors (Lipinski definition) is 3. The fourth-order valence-corrected chi connectivity index (χ4v) is 3.13. The van der Waals surface area contributed by atoms with Gasteiger partial charge in [-0.2, -0.15) is 0 Å². The summed E-state index contributed by atoms with van der Waals surface area (Å²) in [5, 5.41) is 2.93. The fraction of sp³-hybridized carbons (Fsp3) is 0.381. The van der Waals surface area contributed by atoms with E-state index in [1.807, 2.05) is 0 Å². The first-order chi connectivity index (χ1) is 12.6. The maximum Gasteiger partial charge on any atom is 0.224 e. The second-order valence-corrected chi connectivity index (χ2v) is 6.86. The molecule has 138 valence electrons. The van der Waals surface area contributed by atoms with Crippen molar-refractivity contribution in [2.24, 2.45) is 0 Å². The van der Waals surface area contributed by atoms with Gasteiger partial charge in [0.2, 0.25) is 5.91 Å². The highest BCUT2D eigenvalue weighted by Crippen LogP contribution is 2.17. The van der Waals surface area contributed by atoms with Crippen molar-refractivity contribution >= 4 is 11.6 Å². The summed E-state index contributed by atoms with van der Waals surface area (Å²) in [5.74, 6) is -0.320. The highest BCUT2D eigenvalue weighted by Gasteiger charge is 2.13. The molecule has 2 aromatic carbocycles. The second kappa shape index (κ2) is 8.81. The van der Waals surface area contributed by atoms with E-state index in [-0.39, 0.29) is 18.1 Å². The zero-order chi connectivity index (χ0) is 18.4. The van der Waals surface area contributed by atoms with Gasteiger partial charge in [-0.05, 0) is 48.9 Å². The Balaban J connectivity index is 1.41. The van der Waals surface area contributed by atoms with Gasteiger partial charge in [0.1, 0.15) is 5.82 Å². The van der Waals surface area contributed by atoms with Crippen LogP contribution in [-0.2, 0) is 17.6 Å². The van der Waals surface area contributed by atoms with Gasteiger partial charge < -0.3 is 15.1 Å². The molecule has 1 fully saturated rings. The van der Waals surface area contributed by atoms with Crippen LogP contribution in [0.15, 0.2) is 48.5 Å². The number of piperazine rings is 1. The summed E-state index contributed by atoms with van der Waals surface area (Å²) in [6, 6.07) is 14.7. The van der Waals surface area contributed by atoms with E-state index < -0.39 is 0 Å². The Morgan fingerprint density at radius 2 is 1.58 bits per heavy atom. The molecule has 0 radical (unpaired) electrons. The maximum atomic E-state index is 12.9. The van der Waals surface area contributed by atoms with Gasteiger partial charge in [0.15, 0.2) is 0 Å². The normalized spacial score (nSPS) is 15.1. The van der Waals surface area contributed by atoms with Crippen LogP contribution in [0.1, 0.15) is 11.1 Å². The van der Waals surface area contributed by atoms with Crippen LogP contribution in [0.25, 0.3) is 0 Å². The van der Waals surface area contributed by atoms with Crippen LogP contribution < -0.4 is 10.2 Å². The van der Waals surface area contributed by atoms with E-state index in [0.29, 0.717) is 6.54 Å². The lowest BCUT2D eigenvalue weighted by molar-refractivity contribution is -0.120. The Kier molecular flexibility index (Phi) is 6.23. The van der Waals surface area contributed by atoms with E-state index >= 15 is 0 Å². The topological polar surface area (TPSA) is 35.6 Å². The van der Waals surface area contributed by atoms with Crippen LogP contribution in [-0.4, -0.2) is 50.6 Å². The lowest BCUT2D eigenvalue weighted by atomic mass is 10.1. The van der Waals surface area contributed by atoms with Gasteiger partial charge in [0, 0.05) is 38.4 Å². The van der Waals surface area contributed by atoms with Crippen LogP contribution in [0.3, 0.4) is 0 Å². The van der Waals surface area contributed by atoms with Crippen molar-refractivity contribution < 1.29 is 9.18 Å². The van der Waals surface area contributed by atoms with E-state index in [4.69, 9.17) is 0 Å². The summed E-state index contributed by atoms with van der Waals surface area (Å²) >= 11 is 0. The summed E-state index contributed by atoms with van der Waals surface area (Å²) in [7, 11) is 2.16. The summed E-state index contributed by atoms with van der Waals surface area (Å²) in [4.78, 5) is 16.7. The Morgan fingerprint density at radius 1 is 0.962 bits per heavy atom. The van der Waals surface area contributed by atoms with Crippen molar-refractivity contribution in [3.63, 3.8) is 0 Å². The number of halogens is 1. The van der Waals surface area contributed by atoms with Gasteiger partial charge in [-0.25, -0.2) is 4.39 Å². The lowest BCUT2D eigenvalue weighted by Gasteiger charge is -2.34. The van der Waals surface area contributed by atoms with Crippen LogP contribution >= 0.6 is 0 Å². The average Bonchev–Trinajstić information content (AvgIpc) is 2.65. The molecule has 1 heterocycles. The molecular formula is C21H26FN3O. The van der Waals surface area contributed by atoms with E-state index in [9.17, 15) is 9.18 Å². The van der Waals surface area contributed by atoms with Crippen LogP contribution in [0.4, 0.5) is 10.1 Å². The molecule has 1 aliphatic heterocycles. The third-order valence-electron chi connectivity index (χ3n) is 4.82. The highest BCUT2D eigenvalue weighted by atomic mass is 19.1. The maximum absolute atomic E-state index is 12.9. The fourth-order valence-electron chi connectivity index (χ4n) is 3.13. The Morgan fingerprint density at radius 3 is 2.23 bits per heavy atom. The van der Waals surface area contributed by atoms with Crippen LogP contribution in [0.5, 0.6) is 0 Å². The smallest absolute Gasteiger partial charge is 0.224 e. The minimum absolute atomic E-state index is 0.0364. The molecule has 0 spiro atoms. The van der Waals surface area contributed by atoms with Gasteiger partial charge in [-0.3, -0.25) is 4.79 Å². The molecule has 1 aliphatic rings. The molecule has 1 amide bonds. The lowest BCUT2D eigenvalue weighted by Crippen LogP contribution is -2.44. The molecule has 26 heavy (non-hydrogen) atoms. The second-order valence-electron chi connectivity index (χ2n) is 6.86. The largest absolute Gasteiger partial charge is 0.369 e. The summed E-state index contributed by atoms with van der Waals surface area (Å²) < 4.78 is 12.9. The third-order valence-corrected chi connectivity index (χ3v) is 4.82. The highest BCUT2D eigenvalue weighted by molar-refractivity contribution is 5.78.